The van der Waals surface area contributed by atoms with Crippen LogP contribution in [-0.4, -0.2) is 9.97 Å². The van der Waals surface area contributed by atoms with Crippen molar-refractivity contribution in [3.05, 3.63) is 30.1 Å². The first-order valence-electron chi connectivity index (χ1n) is 3.87. The third-order valence-corrected chi connectivity index (χ3v) is 2.52. The Labute approximate surface area is 84.7 Å². The van der Waals surface area contributed by atoms with Gasteiger partial charge in [0.25, 0.3) is 0 Å². The Morgan fingerprint density at radius 1 is 1.29 bits per heavy atom. The number of rotatable bonds is 1. The van der Waals surface area contributed by atoms with Gasteiger partial charge in [0, 0.05) is 12.4 Å². The molecule has 2 heterocycles. The van der Waals surface area contributed by atoms with Crippen molar-refractivity contribution in [1.82, 2.24) is 9.97 Å². The quantitative estimate of drug-likeness (QED) is 0.763. The summed E-state index contributed by atoms with van der Waals surface area (Å²) in [6, 6.07) is 5.52. The van der Waals surface area contributed by atoms with Crippen LogP contribution in [0.1, 0.15) is 5.56 Å². The number of anilines is 1. The molecule has 2 N–H and O–H groups in total. The number of nitrogens with zero attached hydrogens (tertiary/aromatic N) is 3. The lowest BCUT2D eigenvalue weighted by atomic mass is 10.2. The zero-order valence-corrected chi connectivity index (χ0v) is 7.95. The fourth-order valence-electron chi connectivity index (χ4n) is 1.01. The Kier molecular flexibility index (Phi) is 2.13. The van der Waals surface area contributed by atoms with Crippen molar-refractivity contribution < 1.29 is 0 Å². The molecule has 0 aliphatic carbocycles. The topological polar surface area (TPSA) is 75.6 Å². The molecule has 2 aromatic rings. The fourth-order valence-corrected chi connectivity index (χ4v) is 1.67. The number of nitriles is 1. The number of hydrogen-bond acceptors (Lipinski definition) is 5. The Morgan fingerprint density at radius 3 is 2.64 bits per heavy atom. The van der Waals surface area contributed by atoms with Gasteiger partial charge in [-0.25, -0.2) is 4.98 Å². The van der Waals surface area contributed by atoms with Crippen LogP contribution in [0.25, 0.3) is 10.6 Å². The molecule has 0 spiro atoms. The predicted molar refractivity (Wildman–Crippen MR) is 54.5 cm³/mol. The molecule has 4 nitrogen and oxygen atoms in total. The summed E-state index contributed by atoms with van der Waals surface area (Å²) < 4.78 is 0. The summed E-state index contributed by atoms with van der Waals surface area (Å²) in [6.45, 7) is 0. The lowest BCUT2D eigenvalue weighted by molar-refractivity contribution is 1.30. The smallest absolute Gasteiger partial charge is 0.180 e. The van der Waals surface area contributed by atoms with Gasteiger partial charge < -0.3 is 5.73 Å². The van der Waals surface area contributed by atoms with Crippen molar-refractivity contribution in [3.63, 3.8) is 0 Å². The van der Waals surface area contributed by atoms with Crippen LogP contribution in [0.2, 0.25) is 0 Å². The zero-order chi connectivity index (χ0) is 9.97. The van der Waals surface area contributed by atoms with E-state index in [9.17, 15) is 0 Å². The molecule has 0 fully saturated rings. The molecule has 0 aliphatic rings. The van der Waals surface area contributed by atoms with Crippen LogP contribution >= 0.6 is 11.3 Å². The normalized spacial score (nSPS) is 9.64. The highest BCUT2D eigenvalue weighted by molar-refractivity contribution is 7.18. The zero-order valence-electron chi connectivity index (χ0n) is 7.14. The molecule has 0 atom stereocenters. The first-order chi connectivity index (χ1) is 6.79. The third kappa shape index (κ3) is 1.56. The Bertz CT molecular complexity index is 480. The van der Waals surface area contributed by atoms with Crippen LogP contribution in [0.4, 0.5) is 5.13 Å². The average Bonchev–Trinajstić information content (AvgIpc) is 2.65. The SMILES string of the molecule is N#Cc1ccc(-c2cnc(N)s2)nc1. The maximum atomic E-state index is 8.58. The molecule has 2 aromatic heterocycles. The van der Waals surface area contributed by atoms with Crippen molar-refractivity contribution in [2.75, 3.05) is 5.73 Å². The van der Waals surface area contributed by atoms with Crippen LogP contribution in [0.3, 0.4) is 0 Å². The molecule has 0 amide bonds. The summed E-state index contributed by atoms with van der Waals surface area (Å²) >= 11 is 1.38. The van der Waals surface area contributed by atoms with Gasteiger partial charge >= 0.3 is 0 Å². The van der Waals surface area contributed by atoms with Crippen molar-refractivity contribution >= 4 is 16.5 Å². The average molecular weight is 202 g/mol. The van der Waals surface area contributed by atoms with Gasteiger partial charge in [0.15, 0.2) is 5.13 Å². The molecule has 0 bridgehead atoms. The number of nitrogens with two attached hydrogens (primary N) is 1. The molecule has 0 aliphatic heterocycles. The van der Waals surface area contributed by atoms with Gasteiger partial charge in [-0.15, -0.1) is 0 Å². The van der Waals surface area contributed by atoms with Crippen LogP contribution < -0.4 is 5.73 Å². The van der Waals surface area contributed by atoms with E-state index in [4.69, 9.17) is 11.0 Å². The second-order valence-corrected chi connectivity index (χ2v) is 3.67. The van der Waals surface area contributed by atoms with Crippen molar-refractivity contribution in [3.8, 4) is 16.6 Å². The molecule has 5 heteroatoms. The summed E-state index contributed by atoms with van der Waals surface area (Å²) in [7, 11) is 0. The lowest BCUT2D eigenvalue weighted by Crippen LogP contribution is -1.81. The van der Waals surface area contributed by atoms with Crippen LogP contribution in [0.5, 0.6) is 0 Å². The molecule has 0 radical (unpaired) electrons. The van der Waals surface area contributed by atoms with Gasteiger partial charge in [-0.05, 0) is 12.1 Å². The standard InChI is InChI=1S/C9H6N4S/c10-3-6-1-2-7(12-4-6)8-5-13-9(11)14-8/h1-2,4-5H,(H2,11,13). The molecular formula is C9H6N4S. The Balaban J connectivity index is 2.39. The van der Waals surface area contributed by atoms with Gasteiger partial charge in [-0.3, -0.25) is 4.98 Å². The maximum absolute atomic E-state index is 8.58. The monoisotopic (exact) mass is 202 g/mol. The summed E-state index contributed by atoms with van der Waals surface area (Å²) in [5.41, 5.74) is 6.84. The van der Waals surface area contributed by atoms with Crippen molar-refractivity contribution in [1.29, 1.82) is 5.26 Å². The first kappa shape index (κ1) is 8.66. The van der Waals surface area contributed by atoms with Crippen molar-refractivity contribution in [2.24, 2.45) is 0 Å². The highest BCUT2D eigenvalue weighted by atomic mass is 32.1. The van der Waals surface area contributed by atoms with E-state index < -0.39 is 0 Å². The van der Waals surface area contributed by atoms with E-state index in [1.807, 2.05) is 6.07 Å². The molecule has 14 heavy (non-hydrogen) atoms. The summed E-state index contributed by atoms with van der Waals surface area (Å²) in [5.74, 6) is 0. The largest absolute Gasteiger partial charge is 0.375 e. The minimum absolute atomic E-state index is 0.520. The second kappa shape index (κ2) is 3.44. The van der Waals surface area contributed by atoms with E-state index in [1.54, 1.807) is 18.3 Å². The van der Waals surface area contributed by atoms with E-state index in [2.05, 4.69) is 9.97 Å². The number of pyridine rings is 1. The molecule has 0 aromatic carbocycles. The minimum atomic E-state index is 0.520. The van der Waals surface area contributed by atoms with Crippen LogP contribution in [0.15, 0.2) is 24.5 Å². The van der Waals surface area contributed by atoms with Crippen LogP contribution in [-0.2, 0) is 0 Å². The Morgan fingerprint density at radius 2 is 2.14 bits per heavy atom. The number of aromatic nitrogens is 2. The molecule has 0 saturated heterocycles. The third-order valence-electron chi connectivity index (χ3n) is 1.67. The highest BCUT2D eigenvalue weighted by Crippen LogP contribution is 2.25. The fraction of sp³-hybridized carbons (Fsp3) is 0. The molecule has 0 unspecified atom stereocenters. The summed E-state index contributed by atoms with van der Waals surface area (Å²) in [4.78, 5) is 8.96. The molecular weight excluding hydrogens is 196 g/mol. The maximum Gasteiger partial charge on any atom is 0.180 e. The van der Waals surface area contributed by atoms with E-state index >= 15 is 0 Å². The van der Waals surface area contributed by atoms with Gasteiger partial charge in [0.1, 0.15) is 6.07 Å². The number of hydrogen-bond donors (Lipinski definition) is 1. The van der Waals surface area contributed by atoms with Gasteiger partial charge in [-0.1, -0.05) is 11.3 Å². The number of nitrogen functional groups attached to an aromatic ring is 1. The molecule has 2 rings (SSSR count). The van der Waals surface area contributed by atoms with E-state index in [-0.39, 0.29) is 0 Å². The van der Waals surface area contributed by atoms with E-state index in [0.717, 1.165) is 10.6 Å². The van der Waals surface area contributed by atoms with E-state index in [1.165, 1.54) is 17.5 Å². The summed E-state index contributed by atoms with van der Waals surface area (Å²) in [5, 5.41) is 9.10. The summed E-state index contributed by atoms with van der Waals surface area (Å²) in [6.07, 6.45) is 3.21. The highest BCUT2D eigenvalue weighted by Gasteiger charge is 2.03. The minimum Gasteiger partial charge on any atom is -0.375 e. The van der Waals surface area contributed by atoms with Gasteiger partial charge in [-0.2, -0.15) is 5.26 Å². The van der Waals surface area contributed by atoms with Gasteiger partial charge in [0.05, 0.1) is 16.1 Å². The van der Waals surface area contributed by atoms with Crippen molar-refractivity contribution in [2.45, 2.75) is 0 Å². The lowest BCUT2D eigenvalue weighted by Gasteiger charge is -1.93. The first-order valence-corrected chi connectivity index (χ1v) is 4.69. The van der Waals surface area contributed by atoms with Gasteiger partial charge in [0.2, 0.25) is 0 Å². The molecule has 68 valence electrons. The van der Waals surface area contributed by atoms with E-state index in [0.29, 0.717) is 10.7 Å². The second-order valence-electron chi connectivity index (χ2n) is 2.61. The predicted octanol–water partition coefficient (Wildman–Crippen LogP) is 1.66. The Hall–Kier alpha value is -1.93. The van der Waals surface area contributed by atoms with Crippen LogP contribution in [0, 0.1) is 11.3 Å². The number of thiazole rings is 1. The molecule has 0 saturated carbocycles.